The summed E-state index contributed by atoms with van der Waals surface area (Å²) in [5.41, 5.74) is 6.10. The van der Waals surface area contributed by atoms with E-state index in [4.69, 9.17) is 5.73 Å². The number of rotatable bonds is 6. The van der Waals surface area contributed by atoms with Gasteiger partial charge in [-0.15, -0.1) is 23.1 Å². The fourth-order valence-corrected chi connectivity index (χ4v) is 6.90. The summed E-state index contributed by atoms with van der Waals surface area (Å²) >= 11 is 6.24. The van der Waals surface area contributed by atoms with E-state index in [1.165, 1.54) is 39.8 Å². The van der Waals surface area contributed by atoms with E-state index in [9.17, 15) is 19.5 Å². The van der Waals surface area contributed by atoms with Crippen molar-refractivity contribution in [3.8, 4) is 0 Å². The van der Waals surface area contributed by atoms with E-state index in [0.29, 0.717) is 21.5 Å². The highest BCUT2D eigenvalue weighted by molar-refractivity contribution is 14.1. The maximum Gasteiger partial charge on any atom is 0.353 e. The highest BCUT2D eigenvalue weighted by atomic mass is 127. The molecule has 1 aromatic carbocycles. The van der Waals surface area contributed by atoms with Crippen molar-refractivity contribution < 1.29 is 19.5 Å². The van der Waals surface area contributed by atoms with Crippen LogP contribution in [0.25, 0.3) is 0 Å². The minimum Gasteiger partial charge on any atom is -0.477 e. The predicted octanol–water partition coefficient (Wildman–Crippen LogP) is 2.36. The second-order valence-corrected chi connectivity index (χ2v) is 10.7. The van der Waals surface area contributed by atoms with Crippen LogP contribution in [0, 0.1) is 3.57 Å². The Morgan fingerprint density at radius 1 is 1.40 bits per heavy atom. The number of thioether (sulfide) groups is 2. The molecule has 2 amide bonds. The number of carboxylic acid groups (broad SMARTS) is 1. The lowest BCUT2D eigenvalue weighted by Gasteiger charge is -2.49. The number of amides is 2. The van der Waals surface area contributed by atoms with Gasteiger partial charge >= 0.3 is 5.97 Å². The van der Waals surface area contributed by atoms with Gasteiger partial charge in [-0.25, -0.2) is 9.78 Å². The molecule has 3 heterocycles. The summed E-state index contributed by atoms with van der Waals surface area (Å²) in [5, 5.41) is 14.1. The van der Waals surface area contributed by atoms with E-state index in [-0.39, 0.29) is 18.0 Å². The number of thiazole rings is 1. The third-order valence-corrected chi connectivity index (χ3v) is 9.09. The largest absolute Gasteiger partial charge is 0.477 e. The Morgan fingerprint density at radius 3 is 2.83 bits per heavy atom. The Morgan fingerprint density at radius 2 is 2.17 bits per heavy atom. The van der Waals surface area contributed by atoms with Crippen LogP contribution in [0.5, 0.6) is 0 Å². The van der Waals surface area contributed by atoms with Crippen LogP contribution >= 0.6 is 57.5 Å². The minimum atomic E-state index is -1.15. The number of hydrogen-bond donors (Lipinski definition) is 3. The molecule has 4 rings (SSSR count). The summed E-state index contributed by atoms with van der Waals surface area (Å²) in [7, 11) is 0. The summed E-state index contributed by atoms with van der Waals surface area (Å²) in [5.74, 6) is -1.47. The monoisotopic (exact) mass is 574 g/mol. The molecular formula is C18H15IN4O4S3. The molecule has 1 aromatic heterocycles. The van der Waals surface area contributed by atoms with Crippen LogP contribution in [-0.4, -0.2) is 49.9 Å². The van der Waals surface area contributed by atoms with Crippen molar-refractivity contribution in [1.82, 2.24) is 15.2 Å². The van der Waals surface area contributed by atoms with Crippen molar-refractivity contribution >= 4 is 80.4 Å². The van der Waals surface area contributed by atoms with Gasteiger partial charge in [0.2, 0.25) is 5.91 Å². The van der Waals surface area contributed by atoms with Crippen LogP contribution < -0.4 is 11.1 Å². The van der Waals surface area contributed by atoms with Crippen molar-refractivity contribution in [2.24, 2.45) is 0 Å². The van der Waals surface area contributed by atoms with Crippen molar-refractivity contribution in [1.29, 1.82) is 0 Å². The maximum atomic E-state index is 12.7. The molecule has 0 spiro atoms. The number of nitrogens with two attached hydrogens (primary N) is 1. The number of β-lactam (4-membered cyclic amide) rings is 1. The van der Waals surface area contributed by atoms with E-state index < -0.39 is 23.3 Å². The van der Waals surface area contributed by atoms with Crippen LogP contribution in [0.3, 0.4) is 0 Å². The fourth-order valence-electron chi connectivity index (χ4n) is 3.12. The van der Waals surface area contributed by atoms with Gasteiger partial charge in [-0.2, -0.15) is 0 Å². The average molecular weight is 574 g/mol. The fraction of sp³-hybridized carbons (Fsp3) is 0.222. The van der Waals surface area contributed by atoms with E-state index in [0.717, 1.165) is 8.47 Å². The molecule has 2 atom stereocenters. The van der Waals surface area contributed by atoms with Crippen LogP contribution in [0.1, 0.15) is 5.69 Å². The average Bonchev–Trinajstić information content (AvgIpc) is 3.11. The van der Waals surface area contributed by atoms with Crippen LogP contribution in [0.2, 0.25) is 0 Å². The van der Waals surface area contributed by atoms with Gasteiger partial charge in [-0.1, -0.05) is 23.9 Å². The molecule has 30 heavy (non-hydrogen) atoms. The second-order valence-electron chi connectivity index (χ2n) is 6.42. The number of carboxylic acids is 1. The second kappa shape index (κ2) is 8.77. The van der Waals surface area contributed by atoms with E-state index >= 15 is 0 Å². The van der Waals surface area contributed by atoms with Crippen LogP contribution in [-0.2, 0) is 20.8 Å². The number of fused-ring (bicyclic) bond motifs is 1. The molecule has 156 valence electrons. The van der Waals surface area contributed by atoms with Gasteiger partial charge in [0.25, 0.3) is 5.91 Å². The van der Waals surface area contributed by atoms with Gasteiger partial charge in [0.1, 0.15) is 17.1 Å². The maximum absolute atomic E-state index is 12.7. The summed E-state index contributed by atoms with van der Waals surface area (Å²) in [6, 6.07) is 6.91. The highest BCUT2D eigenvalue weighted by Crippen LogP contribution is 2.45. The molecule has 1 saturated heterocycles. The number of nitrogens with zero attached hydrogens (tertiary/aromatic N) is 2. The molecule has 4 N–H and O–H groups in total. The third kappa shape index (κ3) is 4.18. The summed E-state index contributed by atoms with van der Waals surface area (Å²) in [6.45, 7) is 0. The number of hydrogen-bond acceptors (Lipinski definition) is 8. The SMILES string of the molecule is Nc1nc(CC(=O)N[C@@H]2C(=O)N3C(C(=O)O)=C(Sc4ccccc4I)CS[C@H]23)cs1. The normalized spacial score (nSPS) is 20.6. The lowest BCUT2D eigenvalue weighted by molar-refractivity contribution is -0.150. The van der Waals surface area contributed by atoms with Gasteiger partial charge in [0.05, 0.1) is 12.1 Å². The Kier molecular flexibility index (Phi) is 6.27. The van der Waals surface area contributed by atoms with Gasteiger partial charge in [0, 0.05) is 24.5 Å². The molecule has 0 aliphatic carbocycles. The number of nitrogens with one attached hydrogen (secondary N) is 1. The first-order valence-electron chi connectivity index (χ1n) is 8.68. The molecule has 8 nitrogen and oxygen atoms in total. The molecule has 0 radical (unpaired) electrons. The topological polar surface area (TPSA) is 126 Å². The molecule has 0 saturated carbocycles. The lowest BCUT2D eigenvalue weighted by atomic mass is 10.0. The molecule has 12 heteroatoms. The number of carbonyl (C=O) groups excluding carboxylic acids is 2. The zero-order valence-corrected chi connectivity index (χ0v) is 19.8. The third-order valence-electron chi connectivity index (χ3n) is 4.43. The molecule has 1 fully saturated rings. The molecule has 2 aromatic rings. The molecular weight excluding hydrogens is 559 g/mol. The predicted molar refractivity (Wildman–Crippen MR) is 125 cm³/mol. The van der Waals surface area contributed by atoms with Crippen LogP contribution in [0.15, 0.2) is 45.1 Å². The Hall–Kier alpha value is -1.77. The van der Waals surface area contributed by atoms with Crippen molar-refractivity contribution in [3.05, 3.63) is 49.5 Å². The number of anilines is 1. The van der Waals surface area contributed by atoms with Gasteiger partial charge < -0.3 is 16.2 Å². The summed E-state index contributed by atoms with van der Waals surface area (Å²) in [6.07, 6.45) is 0.0179. The van der Waals surface area contributed by atoms with Crippen LogP contribution in [0.4, 0.5) is 5.13 Å². The molecule has 2 aliphatic rings. The Bertz CT molecular complexity index is 1070. The summed E-state index contributed by atoms with van der Waals surface area (Å²) < 4.78 is 1.01. The van der Waals surface area contributed by atoms with Crippen molar-refractivity contribution in [2.75, 3.05) is 11.5 Å². The van der Waals surface area contributed by atoms with Crippen molar-refractivity contribution in [3.63, 3.8) is 0 Å². The quantitative estimate of drug-likeness (QED) is 0.355. The Labute approximate surface area is 197 Å². The number of halogens is 1. The number of nitrogen functional groups attached to an aromatic ring is 1. The van der Waals surface area contributed by atoms with Gasteiger partial charge in [-0.05, 0) is 34.7 Å². The van der Waals surface area contributed by atoms with Gasteiger partial charge in [0.15, 0.2) is 5.13 Å². The van der Waals surface area contributed by atoms with E-state index in [1.807, 2.05) is 24.3 Å². The van der Waals surface area contributed by atoms with Gasteiger partial charge in [-0.3, -0.25) is 14.5 Å². The number of aliphatic carboxylic acids is 1. The first-order chi connectivity index (χ1) is 14.3. The zero-order valence-electron chi connectivity index (χ0n) is 15.2. The zero-order chi connectivity index (χ0) is 21.4. The van der Waals surface area contributed by atoms with E-state index in [1.54, 1.807) is 5.38 Å². The first kappa shape index (κ1) is 21.5. The standard InChI is InChI=1S/C18H15IN4O4S3/c19-9-3-1-2-4-10(9)30-11-7-28-16-13(15(25)23(16)14(11)17(26)27)22-12(24)5-8-6-29-18(20)21-8/h1-4,6,13,16H,5,7H2,(H2,20,21)(H,22,24)(H,26,27)/t13-,16-/m1/s1. The van der Waals surface area contributed by atoms with Crippen molar-refractivity contribution in [2.45, 2.75) is 22.7 Å². The molecule has 0 bridgehead atoms. The highest BCUT2D eigenvalue weighted by Gasteiger charge is 2.54. The number of benzene rings is 1. The lowest BCUT2D eigenvalue weighted by Crippen LogP contribution is -2.70. The molecule has 2 aliphatic heterocycles. The smallest absolute Gasteiger partial charge is 0.353 e. The minimum absolute atomic E-state index is 0.00817. The Balaban J connectivity index is 1.49. The molecule has 0 unspecified atom stereocenters. The van der Waals surface area contributed by atoms with E-state index in [2.05, 4.69) is 32.9 Å². The summed E-state index contributed by atoms with van der Waals surface area (Å²) in [4.78, 5) is 43.9. The first-order valence-corrected chi connectivity index (χ1v) is 12.5. The number of aromatic nitrogens is 1. The number of carbonyl (C=O) groups is 3.